The van der Waals surface area contributed by atoms with Crippen LogP contribution in [0.5, 0.6) is 0 Å². The van der Waals surface area contributed by atoms with E-state index >= 15 is 0 Å². The maximum absolute atomic E-state index is 13.3. The van der Waals surface area contributed by atoms with Gasteiger partial charge in [0.2, 0.25) is 0 Å². The van der Waals surface area contributed by atoms with E-state index in [2.05, 4.69) is 0 Å². The van der Waals surface area contributed by atoms with Crippen molar-refractivity contribution in [3.63, 3.8) is 0 Å². The average molecular weight is 309 g/mol. The summed E-state index contributed by atoms with van der Waals surface area (Å²) in [5.74, 6) is -2.02. The third kappa shape index (κ3) is 2.97. The number of aliphatic hydroxyl groups is 1. The monoisotopic (exact) mass is 309 g/mol. The minimum Gasteiger partial charge on any atom is -0.481 e. The second-order valence-electron chi connectivity index (χ2n) is 5.75. The summed E-state index contributed by atoms with van der Waals surface area (Å²) in [4.78, 5) is 25.5. The van der Waals surface area contributed by atoms with Crippen LogP contribution in [0.4, 0.5) is 4.39 Å². The lowest BCUT2D eigenvalue weighted by atomic mass is 9.74. The zero-order valence-electron chi connectivity index (χ0n) is 12.5. The van der Waals surface area contributed by atoms with Crippen LogP contribution in [0.15, 0.2) is 24.3 Å². The Morgan fingerprint density at radius 1 is 1.45 bits per heavy atom. The Balaban J connectivity index is 2.26. The fourth-order valence-electron chi connectivity index (χ4n) is 3.07. The van der Waals surface area contributed by atoms with Gasteiger partial charge in [0.25, 0.3) is 5.91 Å². The van der Waals surface area contributed by atoms with E-state index in [9.17, 15) is 24.2 Å². The van der Waals surface area contributed by atoms with Crippen LogP contribution in [0, 0.1) is 11.2 Å². The van der Waals surface area contributed by atoms with Gasteiger partial charge < -0.3 is 15.1 Å². The SMILES string of the molecule is CCC[C@@]1(C(=O)O)CN(C(=O)c2cccc(F)c2)CC[C@H]1O. The van der Waals surface area contributed by atoms with Gasteiger partial charge in [-0.05, 0) is 31.0 Å². The summed E-state index contributed by atoms with van der Waals surface area (Å²) < 4.78 is 13.3. The van der Waals surface area contributed by atoms with Gasteiger partial charge in [0.15, 0.2) is 0 Å². The Kier molecular flexibility index (Phi) is 4.81. The van der Waals surface area contributed by atoms with Crippen molar-refractivity contribution in [1.82, 2.24) is 4.90 Å². The number of hydrogen-bond donors (Lipinski definition) is 2. The quantitative estimate of drug-likeness (QED) is 0.890. The molecule has 5 nitrogen and oxygen atoms in total. The fraction of sp³-hybridized carbons (Fsp3) is 0.500. The maximum Gasteiger partial charge on any atom is 0.314 e. The number of aliphatic hydroxyl groups excluding tert-OH is 1. The standard InChI is InChI=1S/C16H20FNO4/c1-2-7-16(15(21)22)10-18(8-6-13(16)19)14(20)11-4-3-5-12(17)9-11/h3-5,9,13,19H,2,6-8,10H2,1H3,(H,21,22)/t13-,16-/m1/s1. The fourth-order valence-corrected chi connectivity index (χ4v) is 3.07. The molecule has 0 saturated carbocycles. The van der Waals surface area contributed by atoms with Crippen LogP contribution in [-0.4, -0.2) is 46.2 Å². The summed E-state index contributed by atoms with van der Waals surface area (Å²) in [5.41, 5.74) is -1.16. The zero-order valence-corrected chi connectivity index (χ0v) is 12.5. The maximum atomic E-state index is 13.3. The van der Waals surface area contributed by atoms with Gasteiger partial charge in [0.1, 0.15) is 11.2 Å². The number of carbonyl (C=O) groups is 2. The number of carboxylic acid groups (broad SMARTS) is 1. The molecule has 0 spiro atoms. The van der Waals surface area contributed by atoms with Crippen molar-refractivity contribution in [2.45, 2.75) is 32.3 Å². The molecule has 2 N–H and O–H groups in total. The van der Waals surface area contributed by atoms with E-state index in [1.165, 1.54) is 23.1 Å². The molecule has 1 heterocycles. The number of amides is 1. The predicted octanol–water partition coefficient (Wildman–Crippen LogP) is 1.90. The highest BCUT2D eigenvalue weighted by Gasteiger charge is 2.49. The van der Waals surface area contributed by atoms with Crippen LogP contribution in [0.2, 0.25) is 0 Å². The first kappa shape index (κ1) is 16.4. The lowest BCUT2D eigenvalue weighted by Crippen LogP contribution is -2.57. The Bertz CT molecular complexity index is 577. The Morgan fingerprint density at radius 2 is 2.18 bits per heavy atom. The zero-order chi connectivity index (χ0) is 16.3. The van der Waals surface area contributed by atoms with Crippen molar-refractivity contribution in [2.24, 2.45) is 5.41 Å². The van der Waals surface area contributed by atoms with Gasteiger partial charge in [-0.1, -0.05) is 19.4 Å². The predicted molar refractivity (Wildman–Crippen MR) is 77.9 cm³/mol. The van der Waals surface area contributed by atoms with Gasteiger partial charge in [-0.25, -0.2) is 4.39 Å². The molecule has 120 valence electrons. The lowest BCUT2D eigenvalue weighted by Gasteiger charge is -2.43. The highest BCUT2D eigenvalue weighted by molar-refractivity contribution is 5.94. The molecule has 0 aromatic heterocycles. The summed E-state index contributed by atoms with van der Waals surface area (Å²) in [6, 6.07) is 5.32. The van der Waals surface area contributed by atoms with Crippen LogP contribution < -0.4 is 0 Å². The van der Waals surface area contributed by atoms with Gasteiger partial charge in [-0.3, -0.25) is 9.59 Å². The molecule has 1 aliphatic rings. The van der Waals surface area contributed by atoms with E-state index in [-0.39, 0.29) is 31.5 Å². The van der Waals surface area contributed by atoms with E-state index in [0.29, 0.717) is 6.42 Å². The molecule has 0 unspecified atom stereocenters. The molecule has 6 heteroatoms. The molecule has 0 radical (unpaired) electrons. The van der Waals surface area contributed by atoms with Crippen molar-refractivity contribution in [3.05, 3.63) is 35.6 Å². The van der Waals surface area contributed by atoms with Crippen molar-refractivity contribution in [2.75, 3.05) is 13.1 Å². The first-order chi connectivity index (χ1) is 10.4. The van der Waals surface area contributed by atoms with E-state index in [4.69, 9.17) is 0 Å². The molecular weight excluding hydrogens is 289 g/mol. The number of rotatable bonds is 4. The van der Waals surface area contributed by atoms with Crippen LogP contribution in [0.25, 0.3) is 0 Å². The summed E-state index contributed by atoms with van der Waals surface area (Å²) in [6.45, 7) is 2.03. The second kappa shape index (κ2) is 6.44. The van der Waals surface area contributed by atoms with Crippen molar-refractivity contribution in [3.8, 4) is 0 Å². The van der Waals surface area contributed by atoms with Crippen LogP contribution in [0.3, 0.4) is 0 Å². The molecule has 1 aromatic carbocycles. The molecule has 22 heavy (non-hydrogen) atoms. The molecular formula is C16H20FNO4. The van der Waals surface area contributed by atoms with Crippen LogP contribution in [0.1, 0.15) is 36.5 Å². The van der Waals surface area contributed by atoms with Crippen molar-refractivity contribution in [1.29, 1.82) is 0 Å². The highest BCUT2D eigenvalue weighted by atomic mass is 19.1. The number of carboxylic acids is 1. The normalized spacial score (nSPS) is 25.0. The molecule has 1 saturated heterocycles. The molecule has 1 aromatic rings. The number of aliphatic carboxylic acids is 1. The van der Waals surface area contributed by atoms with E-state index in [1.807, 2.05) is 6.92 Å². The van der Waals surface area contributed by atoms with Crippen LogP contribution >= 0.6 is 0 Å². The molecule has 1 fully saturated rings. The lowest BCUT2D eigenvalue weighted by molar-refractivity contribution is -0.162. The second-order valence-corrected chi connectivity index (χ2v) is 5.75. The highest BCUT2D eigenvalue weighted by Crippen LogP contribution is 2.36. The van der Waals surface area contributed by atoms with E-state index in [1.54, 1.807) is 0 Å². The summed E-state index contributed by atoms with van der Waals surface area (Å²) in [7, 11) is 0. The third-order valence-electron chi connectivity index (χ3n) is 4.26. The number of carbonyl (C=O) groups excluding carboxylic acids is 1. The van der Waals surface area contributed by atoms with Gasteiger partial charge in [-0.15, -0.1) is 0 Å². The first-order valence-electron chi connectivity index (χ1n) is 7.37. The first-order valence-corrected chi connectivity index (χ1v) is 7.37. The Labute approximate surface area is 128 Å². The summed E-state index contributed by atoms with van der Waals surface area (Å²) in [6.07, 6.45) is 0.0938. The molecule has 1 amide bonds. The van der Waals surface area contributed by atoms with Gasteiger partial charge in [0.05, 0.1) is 6.10 Å². The average Bonchev–Trinajstić information content (AvgIpc) is 2.48. The summed E-state index contributed by atoms with van der Waals surface area (Å²) in [5, 5.41) is 19.7. The number of halogens is 1. The van der Waals surface area contributed by atoms with Gasteiger partial charge >= 0.3 is 5.97 Å². The number of likely N-dealkylation sites (tertiary alicyclic amines) is 1. The van der Waals surface area contributed by atoms with E-state index in [0.717, 1.165) is 6.07 Å². The van der Waals surface area contributed by atoms with Crippen molar-refractivity contribution < 1.29 is 24.2 Å². The van der Waals surface area contributed by atoms with E-state index < -0.39 is 29.2 Å². The largest absolute Gasteiger partial charge is 0.481 e. The molecule has 0 bridgehead atoms. The van der Waals surface area contributed by atoms with Gasteiger partial charge in [0, 0.05) is 18.7 Å². The molecule has 2 rings (SSSR count). The third-order valence-corrected chi connectivity index (χ3v) is 4.26. The summed E-state index contributed by atoms with van der Waals surface area (Å²) >= 11 is 0. The van der Waals surface area contributed by atoms with Crippen LogP contribution in [-0.2, 0) is 4.79 Å². The smallest absolute Gasteiger partial charge is 0.314 e. The Morgan fingerprint density at radius 3 is 2.77 bits per heavy atom. The number of piperidine rings is 1. The topological polar surface area (TPSA) is 77.8 Å². The number of nitrogens with zero attached hydrogens (tertiary/aromatic N) is 1. The Hall–Kier alpha value is -1.95. The molecule has 1 aliphatic heterocycles. The minimum absolute atomic E-state index is 0.0628. The number of hydrogen-bond acceptors (Lipinski definition) is 3. The van der Waals surface area contributed by atoms with Crippen molar-refractivity contribution >= 4 is 11.9 Å². The van der Waals surface area contributed by atoms with Gasteiger partial charge in [-0.2, -0.15) is 0 Å². The minimum atomic E-state index is -1.35. The molecule has 0 aliphatic carbocycles. The number of benzene rings is 1. The molecule has 2 atom stereocenters.